The van der Waals surface area contributed by atoms with Gasteiger partial charge < -0.3 is 16.0 Å². The summed E-state index contributed by atoms with van der Waals surface area (Å²) in [5.41, 5.74) is 8.80. The van der Waals surface area contributed by atoms with Gasteiger partial charge in [0.05, 0.1) is 6.04 Å². The van der Waals surface area contributed by atoms with Gasteiger partial charge in [0.2, 0.25) is 11.8 Å². The average Bonchev–Trinajstić information content (AvgIpc) is 3.37. The smallest absolute Gasteiger partial charge is 0.241 e. The number of rotatable bonds is 5. The number of carbonyl (C=O) groups excluding carboxylic acids is 2. The highest BCUT2D eigenvalue weighted by Gasteiger charge is 2.35. The SMILES string of the molecule is CC(C)C[C@@H](N)C(=O)Nc1ccc2c(c1)N(C(=O)C1CC1)CCC2. The lowest BCUT2D eigenvalue weighted by Crippen LogP contribution is -2.37. The van der Waals surface area contributed by atoms with Crippen molar-refractivity contribution in [3.05, 3.63) is 23.8 Å². The van der Waals surface area contributed by atoms with Gasteiger partial charge in [-0.2, -0.15) is 0 Å². The zero-order valence-electron chi connectivity index (χ0n) is 14.5. The van der Waals surface area contributed by atoms with E-state index in [-0.39, 0.29) is 17.7 Å². The summed E-state index contributed by atoms with van der Waals surface area (Å²) in [4.78, 5) is 26.6. The third-order valence-corrected chi connectivity index (χ3v) is 4.73. The minimum Gasteiger partial charge on any atom is -0.325 e. The molecule has 1 aromatic carbocycles. The lowest BCUT2D eigenvalue weighted by atomic mass is 10.00. The zero-order valence-corrected chi connectivity index (χ0v) is 14.5. The Morgan fingerprint density at radius 1 is 1.33 bits per heavy atom. The van der Waals surface area contributed by atoms with Crippen LogP contribution in [0.5, 0.6) is 0 Å². The van der Waals surface area contributed by atoms with Gasteiger partial charge in [-0.25, -0.2) is 0 Å². The van der Waals surface area contributed by atoms with Crippen LogP contribution in [-0.4, -0.2) is 24.4 Å². The number of carbonyl (C=O) groups is 2. The van der Waals surface area contributed by atoms with E-state index in [2.05, 4.69) is 5.32 Å². The van der Waals surface area contributed by atoms with Gasteiger partial charge in [-0.15, -0.1) is 0 Å². The molecule has 3 rings (SSSR count). The predicted molar refractivity (Wildman–Crippen MR) is 95.9 cm³/mol. The molecule has 5 nitrogen and oxygen atoms in total. The first-order chi connectivity index (χ1) is 11.5. The van der Waals surface area contributed by atoms with Crippen LogP contribution in [0.3, 0.4) is 0 Å². The Bertz CT molecular complexity index is 637. The summed E-state index contributed by atoms with van der Waals surface area (Å²) in [6.07, 6.45) is 4.64. The summed E-state index contributed by atoms with van der Waals surface area (Å²) >= 11 is 0. The standard InChI is InChI=1S/C19H27N3O2/c1-12(2)10-16(20)18(23)21-15-8-7-13-4-3-9-22(17(13)11-15)19(24)14-5-6-14/h7-8,11-12,14,16H,3-6,9-10,20H2,1-2H3,(H,21,23)/t16-/m1/s1. The molecule has 0 saturated heterocycles. The maximum atomic E-state index is 12.5. The summed E-state index contributed by atoms with van der Waals surface area (Å²) in [5, 5.41) is 2.90. The predicted octanol–water partition coefficient (Wildman–Crippen LogP) is 2.69. The first-order valence-corrected chi connectivity index (χ1v) is 8.96. The molecule has 0 radical (unpaired) electrons. The van der Waals surface area contributed by atoms with E-state index in [1.54, 1.807) is 0 Å². The normalized spacial score (nSPS) is 18.2. The van der Waals surface area contributed by atoms with E-state index in [0.717, 1.165) is 37.9 Å². The van der Waals surface area contributed by atoms with E-state index in [1.807, 2.05) is 36.9 Å². The number of anilines is 2. The third-order valence-electron chi connectivity index (χ3n) is 4.73. The Hall–Kier alpha value is -1.88. The van der Waals surface area contributed by atoms with Gasteiger partial charge in [0, 0.05) is 23.8 Å². The minimum atomic E-state index is -0.509. The number of fused-ring (bicyclic) bond motifs is 1. The number of hydrogen-bond donors (Lipinski definition) is 2. The molecule has 24 heavy (non-hydrogen) atoms. The Morgan fingerprint density at radius 3 is 2.75 bits per heavy atom. The highest BCUT2D eigenvalue weighted by molar-refractivity contribution is 5.99. The maximum Gasteiger partial charge on any atom is 0.241 e. The van der Waals surface area contributed by atoms with Crippen molar-refractivity contribution < 1.29 is 9.59 Å². The van der Waals surface area contributed by atoms with E-state index >= 15 is 0 Å². The topological polar surface area (TPSA) is 75.4 Å². The zero-order chi connectivity index (χ0) is 17.3. The van der Waals surface area contributed by atoms with Crippen LogP contribution in [0, 0.1) is 11.8 Å². The molecule has 5 heteroatoms. The molecular weight excluding hydrogens is 302 g/mol. The second-order valence-corrected chi connectivity index (χ2v) is 7.44. The molecule has 1 aliphatic carbocycles. The summed E-state index contributed by atoms with van der Waals surface area (Å²) in [7, 11) is 0. The number of nitrogens with one attached hydrogen (secondary N) is 1. The lowest BCUT2D eigenvalue weighted by molar-refractivity contribution is -0.120. The highest BCUT2D eigenvalue weighted by atomic mass is 16.2. The molecule has 1 heterocycles. The fourth-order valence-corrected chi connectivity index (χ4v) is 3.28. The van der Waals surface area contributed by atoms with Gasteiger partial charge in [-0.3, -0.25) is 9.59 Å². The van der Waals surface area contributed by atoms with Crippen LogP contribution in [0.2, 0.25) is 0 Å². The fraction of sp³-hybridized carbons (Fsp3) is 0.579. The minimum absolute atomic E-state index is 0.167. The summed E-state index contributed by atoms with van der Waals surface area (Å²) in [6, 6.07) is 5.34. The van der Waals surface area contributed by atoms with Gasteiger partial charge in [-0.05, 0) is 55.7 Å². The molecule has 0 aromatic heterocycles. The molecular formula is C19H27N3O2. The maximum absolute atomic E-state index is 12.5. The van der Waals surface area contributed by atoms with Crippen LogP contribution in [-0.2, 0) is 16.0 Å². The number of hydrogen-bond acceptors (Lipinski definition) is 3. The molecule has 1 aromatic rings. The average molecular weight is 329 g/mol. The van der Waals surface area contributed by atoms with Crippen molar-refractivity contribution >= 4 is 23.2 Å². The van der Waals surface area contributed by atoms with Gasteiger partial charge in [0.1, 0.15) is 0 Å². The number of benzene rings is 1. The first kappa shape index (κ1) is 17.0. The fourth-order valence-electron chi connectivity index (χ4n) is 3.28. The van der Waals surface area contributed by atoms with Crippen molar-refractivity contribution in [2.75, 3.05) is 16.8 Å². The van der Waals surface area contributed by atoms with Crippen LogP contribution < -0.4 is 16.0 Å². The number of nitrogens with zero attached hydrogens (tertiary/aromatic N) is 1. The second-order valence-electron chi connectivity index (χ2n) is 7.44. The van der Waals surface area contributed by atoms with Crippen molar-refractivity contribution in [1.29, 1.82) is 0 Å². The van der Waals surface area contributed by atoms with Gasteiger partial charge in [-0.1, -0.05) is 19.9 Å². The second kappa shape index (κ2) is 6.93. The molecule has 0 bridgehead atoms. The van der Waals surface area contributed by atoms with Crippen LogP contribution >= 0.6 is 0 Å². The number of aryl methyl sites for hydroxylation is 1. The molecule has 2 aliphatic rings. The molecule has 0 unspecified atom stereocenters. The lowest BCUT2D eigenvalue weighted by Gasteiger charge is -2.30. The van der Waals surface area contributed by atoms with Crippen LogP contribution in [0.15, 0.2) is 18.2 Å². The van der Waals surface area contributed by atoms with E-state index < -0.39 is 6.04 Å². The van der Waals surface area contributed by atoms with Crippen LogP contribution in [0.25, 0.3) is 0 Å². The summed E-state index contributed by atoms with van der Waals surface area (Å²) in [6.45, 7) is 4.87. The van der Waals surface area contributed by atoms with Crippen molar-refractivity contribution in [1.82, 2.24) is 0 Å². The molecule has 130 valence electrons. The van der Waals surface area contributed by atoms with E-state index in [4.69, 9.17) is 5.73 Å². The van der Waals surface area contributed by atoms with E-state index in [9.17, 15) is 9.59 Å². The molecule has 1 atom stereocenters. The molecule has 1 aliphatic heterocycles. The molecule has 1 fully saturated rings. The monoisotopic (exact) mass is 329 g/mol. The number of amides is 2. The summed E-state index contributed by atoms with van der Waals surface area (Å²) in [5.74, 6) is 0.644. The van der Waals surface area contributed by atoms with Crippen molar-refractivity contribution in [3.8, 4) is 0 Å². The quantitative estimate of drug-likeness (QED) is 0.872. The van der Waals surface area contributed by atoms with Crippen molar-refractivity contribution in [3.63, 3.8) is 0 Å². The molecule has 2 amide bonds. The van der Waals surface area contributed by atoms with E-state index in [0.29, 0.717) is 18.0 Å². The Kier molecular flexibility index (Phi) is 4.90. The first-order valence-electron chi connectivity index (χ1n) is 8.96. The van der Waals surface area contributed by atoms with Gasteiger partial charge in [0.15, 0.2) is 0 Å². The van der Waals surface area contributed by atoms with Gasteiger partial charge in [0.25, 0.3) is 0 Å². The Morgan fingerprint density at radius 2 is 2.08 bits per heavy atom. The molecule has 3 N–H and O–H groups in total. The van der Waals surface area contributed by atoms with Crippen LogP contribution in [0.1, 0.15) is 45.1 Å². The Balaban J connectivity index is 1.75. The summed E-state index contributed by atoms with van der Waals surface area (Å²) < 4.78 is 0. The largest absolute Gasteiger partial charge is 0.325 e. The highest BCUT2D eigenvalue weighted by Crippen LogP contribution is 2.36. The Labute approximate surface area is 143 Å². The molecule has 0 spiro atoms. The van der Waals surface area contributed by atoms with Gasteiger partial charge >= 0.3 is 0 Å². The molecule has 1 saturated carbocycles. The van der Waals surface area contributed by atoms with Crippen molar-refractivity contribution in [2.45, 2.75) is 52.0 Å². The number of nitrogens with two attached hydrogens (primary N) is 1. The third kappa shape index (κ3) is 3.78. The van der Waals surface area contributed by atoms with Crippen molar-refractivity contribution in [2.24, 2.45) is 17.6 Å². The van der Waals surface area contributed by atoms with Crippen LogP contribution in [0.4, 0.5) is 11.4 Å². The van der Waals surface area contributed by atoms with E-state index in [1.165, 1.54) is 5.56 Å².